The lowest BCUT2D eigenvalue weighted by atomic mass is 9.93. The molecule has 0 bridgehead atoms. The lowest BCUT2D eigenvalue weighted by Gasteiger charge is -2.11. The summed E-state index contributed by atoms with van der Waals surface area (Å²) < 4.78 is 0. The number of unbranched alkanes of at least 4 members (excludes halogenated alkanes) is 3. The number of carbonyl (C=O) groups excluding carboxylic acids is 1. The molecular formula is C15H20O. The van der Waals surface area contributed by atoms with Crippen LogP contribution in [0.5, 0.6) is 0 Å². The summed E-state index contributed by atoms with van der Waals surface area (Å²) in [6, 6.07) is 0. The first-order valence-electron chi connectivity index (χ1n) is 6.15. The lowest BCUT2D eigenvalue weighted by molar-refractivity contribution is -0.105. The van der Waals surface area contributed by atoms with E-state index in [9.17, 15) is 4.79 Å². The Hall–Kier alpha value is -1.29. The molecule has 0 aliphatic heterocycles. The van der Waals surface area contributed by atoms with Crippen LogP contribution in [-0.4, -0.2) is 6.29 Å². The van der Waals surface area contributed by atoms with Crippen LogP contribution >= 0.6 is 0 Å². The Kier molecular flexibility index (Phi) is 6.33. The first-order valence-corrected chi connectivity index (χ1v) is 6.15. The highest BCUT2D eigenvalue weighted by Gasteiger charge is 2.09. The van der Waals surface area contributed by atoms with Gasteiger partial charge in [0.2, 0.25) is 0 Å². The van der Waals surface area contributed by atoms with Gasteiger partial charge in [-0.15, -0.1) is 6.58 Å². The molecule has 0 radical (unpaired) electrons. The van der Waals surface area contributed by atoms with Crippen molar-refractivity contribution in [2.75, 3.05) is 0 Å². The molecule has 0 aromatic heterocycles. The summed E-state index contributed by atoms with van der Waals surface area (Å²) in [6.07, 6.45) is 11.5. The second-order valence-corrected chi connectivity index (χ2v) is 4.16. The number of aldehydes is 1. The Morgan fingerprint density at radius 3 is 2.81 bits per heavy atom. The molecular weight excluding hydrogens is 196 g/mol. The zero-order valence-corrected chi connectivity index (χ0v) is 9.93. The summed E-state index contributed by atoms with van der Waals surface area (Å²) in [4.78, 5) is 10.8. The van der Waals surface area contributed by atoms with Crippen LogP contribution in [0.2, 0.25) is 0 Å². The quantitative estimate of drug-likeness (QED) is 0.295. The van der Waals surface area contributed by atoms with Crippen LogP contribution in [0.3, 0.4) is 0 Å². The highest BCUT2D eigenvalue weighted by atomic mass is 16.1. The number of carbonyl (C=O) groups is 1. The smallest absolute Gasteiger partial charge is 0.146 e. The van der Waals surface area contributed by atoms with Gasteiger partial charge in [-0.25, -0.2) is 0 Å². The predicted octanol–water partition coefficient (Wildman–Crippen LogP) is 3.81. The average molecular weight is 216 g/mol. The van der Waals surface area contributed by atoms with Crippen molar-refractivity contribution in [2.45, 2.75) is 51.4 Å². The zero-order chi connectivity index (χ0) is 11.6. The monoisotopic (exact) mass is 216 g/mol. The molecule has 1 rings (SSSR count). The van der Waals surface area contributed by atoms with Crippen LogP contribution in [0.4, 0.5) is 0 Å². The van der Waals surface area contributed by atoms with E-state index in [0.29, 0.717) is 0 Å². The summed E-state index contributed by atoms with van der Waals surface area (Å²) in [7, 11) is 0. The fraction of sp³-hybridized carbons (Fsp3) is 0.533. The van der Waals surface area contributed by atoms with Crippen molar-refractivity contribution in [3.05, 3.63) is 23.8 Å². The van der Waals surface area contributed by atoms with E-state index in [4.69, 9.17) is 0 Å². The average Bonchev–Trinajstić information content (AvgIpc) is 2.34. The Labute approximate surface area is 98.6 Å². The van der Waals surface area contributed by atoms with Crippen LogP contribution in [0, 0.1) is 11.8 Å². The van der Waals surface area contributed by atoms with E-state index in [2.05, 4.69) is 18.4 Å². The number of hydrogen-bond acceptors (Lipinski definition) is 1. The van der Waals surface area contributed by atoms with E-state index in [1.54, 1.807) is 0 Å². The van der Waals surface area contributed by atoms with Gasteiger partial charge in [-0.2, -0.15) is 0 Å². The van der Waals surface area contributed by atoms with Crippen molar-refractivity contribution in [3.63, 3.8) is 0 Å². The van der Waals surface area contributed by atoms with E-state index < -0.39 is 0 Å². The molecule has 1 aliphatic rings. The number of allylic oxidation sites excluding steroid dienone is 3. The van der Waals surface area contributed by atoms with Crippen molar-refractivity contribution in [1.82, 2.24) is 0 Å². The molecule has 0 aromatic rings. The third kappa shape index (κ3) is 4.49. The molecule has 1 nitrogen and oxygen atoms in total. The molecule has 0 saturated carbocycles. The Balaban J connectivity index is 2.39. The molecule has 0 atom stereocenters. The second kappa shape index (κ2) is 7.93. The second-order valence-electron chi connectivity index (χ2n) is 4.16. The van der Waals surface area contributed by atoms with Gasteiger partial charge >= 0.3 is 0 Å². The van der Waals surface area contributed by atoms with Crippen molar-refractivity contribution in [2.24, 2.45) is 0 Å². The van der Waals surface area contributed by atoms with E-state index in [1.165, 1.54) is 6.42 Å². The molecule has 0 aromatic carbocycles. The zero-order valence-electron chi connectivity index (χ0n) is 9.93. The Morgan fingerprint density at radius 2 is 2.06 bits per heavy atom. The van der Waals surface area contributed by atoms with E-state index >= 15 is 0 Å². The molecule has 0 N–H and O–H groups in total. The minimum absolute atomic E-state index is 0.921. The third-order valence-electron chi connectivity index (χ3n) is 2.85. The fourth-order valence-electron chi connectivity index (χ4n) is 1.87. The first-order chi connectivity index (χ1) is 7.88. The molecule has 0 spiro atoms. The van der Waals surface area contributed by atoms with E-state index in [-0.39, 0.29) is 0 Å². The molecule has 0 heterocycles. The van der Waals surface area contributed by atoms with Crippen LogP contribution in [0.1, 0.15) is 51.4 Å². The van der Waals surface area contributed by atoms with Gasteiger partial charge in [-0.3, -0.25) is 4.79 Å². The van der Waals surface area contributed by atoms with E-state index in [1.807, 2.05) is 6.08 Å². The van der Waals surface area contributed by atoms with Gasteiger partial charge in [0, 0.05) is 17.6 Å². The van der Waals surface area contributed by atoms with Crippen molar-refractivity contribution in [1.29, 1.82) is 0 Å². The number of hydrogen-bond donors (Lipinski definition) is 0. The van der Waals surface area contributed by atoms with Gasteiger partial charge < -0.3 is 0 Å². The van der Waals surface area contributed by atoms with E-state index in [0.717, 1.165) is 62.4 Å². The van der Waals surface area contributed by atoms with Crippen LogP contribution in [0.15, 0.2) is 23.8 Å². The topological polar surface area (TPSA) is 17.1 Å². The normalized spacial score (nSPS) is 15.2. The Morgan fingerprint density at radius 1 is 1.25 bits per heavy atom. The van der Waals surface area contributed by atoms with Gasteiger partial charge in [0.05, 0.1) is 0 Å². The highest BCUT2D eigenvalue weighted by Crippen LogP contribution is 2.22. The number of rotatable bonds is 5. The molecule has 1 aliphatic carbocycles. The summed E-state index contributed by atoms with van der Waals surface area (Å²) in [5, 5.41) is 0. The largest absolute Gasteiger partial charge is 0.298 e. The summed E-state index contributed by atoms with van der Waals surface area (Å²) in [5.74, 6) is 6.35. The maximum atomic E-state index is 10.8. The van der Waals surface area contributed by atoms with Crippen molar-refractivity contribution < 1.29 is 4.79 Å². The molecule has 1 heteroatoms. The Bertz CT molecular complexity index is 325. The van der Waals surface area contributed by atoms with Crippen molar-refractivity contribution in [3.8, 4) is 11.8 Å². The molecule has 0 fully saturated rings. The van der Waals surface area contributed by atoms with Gasteiger partial charge in [-0.1, -0.05) is 17.9 Å². The minimum atomic E-state index is 0.921. The minimum Gasteiger partial charge on any atom is -0.298 e. The first kappa shape index (κ1) is 12.8. The highest BCUT2D eigenvalue weighted by molar-refractivity contribution is 5.76. The third-order valence-corrected chi connectivity index (χ3v) is 2.85. The van der Waals surface area contributed by atoms with Crippen LogP contribution < -0.4 is 0 Å². The predicted molar refractivity (Wildman–Crippen MR) is 68.0 cm³/mol. The van der Waals surface area contributed by atoms with Crippen LogP contribution in [0.25, 0.3) is 0 Å². The van der Waals surface area contributed by atoms with Crippen LogP contribution in [-0.2, 0) is 4.79 Å². The molecule has 0 unspecified atom stereocenters. The maximum absolute atomic E-state index is 10.8. The van der Waals surface area contributed by atoms with Gasteiger partial charge in [0.15, 0.2) is 0 Å². The molecule has 86 valence electrons. The standard InChI is InChI=1S/C15H20O/c1-2-3-4-5-6-7-10-14-11-8-9-12-15(14)13-16/h2,13H,1,3-6,8-9,11-12H2. The molecule has 0 saturated heterocycles. The molecule has 16 heavy (non-hydrogen) atoms. The van der Waals surface area contributed by atoms with Gasteiger partial charge in [-0.05, 0) is 44.9 Å². The lowest BCUT2D eigenvalue weighted by Crippen LogP contribution is -1.99. The maximum Gasteiger partial charge on any atom is 0.146 e. The SMILES string of the molecule is C=CCCCCC#CC1=C(C=O)CCCC1. The summed E-state index contributed by atoms with van der Waals surface area (Å²) in [6.45, 7) is 3.69. The van der Waals surface area contributed by atoms with Gasteiger partial charge in [0.25, 0.3) is 0 Å². The summed E-state index contributed by atoms with van der Waals surface area (Å²) >= 11 is 0. The molecule has 0 amide bonds. The van der Waals surface area contributed by atoms with Crippen molar-refractivity contribution >= 4 is 6.29 Å². The van der Waals surface area contributed by atoms with Gasteiger partial charge in [0.1, 0.15) is 6.29 Å². The summed E-state index contributed by atoms with van der Waals surface area (Å²) in [5.41, 5.74) is 2.02. The fourth-order valence-corrected chi connectivity index (χ4v) is 1.87.